The molecule has 4 rings (SSSR count). The molecule has 2 aliphatic heterocycles. The van der Waals surface area contributed by atoms with E-state index in [-0.39, 0.29) is 11.9 Å². The van der Waals surface area contributed by atoms with Crippen LogP contribution in [0.4, 0.5) is 4.39 Å². The van der Waals surface area contributed by atoms with Crippen LogP contribution in [-0.4, -0.2) is 78.2 Å². The summed E-state index contributed by atoms with van der Waals surface area (Å²) >= 11 is 1.79. The smallest absolute Gasteiger partial charge is 0.123 e. The molecule has 7 nitrogen and oxygen atoms in total. The van der Waals surface area contributed by atoms with Gasteiger partial charge < -0.3 is 21.1 Å². The van der Waals surface area contributed by atoms with Crippen LogP contribution in [0.15, 0.2) is 48.4 Å². The number of allylic oxidation sites excluding steroid dienone is 2. The topological polar surface area (TPSA) is 83.0 Å². The van der Waals surface area contributed by atoms with Crippen molar-refractivity contribution in [1.82, 2.24) is 18.8 Å². The fourth-order valence-electron chi connectivity index (χ4n) is 6.12. The van der Waals surface area contributed by atoms with Crippen molar-refractivity contribution >= 4 is 12.1 Å². The van der Waals surface area contributed by atoms with E-state index in [9.17, 15) is 4.39 Å². The monoisotopic (exact) mass is 560 g/mol. The van der Waals surface area contributed by atoms with E-state index in [1.807, 2.05) is 12.1 Å². The molecule has 1 saturated carbocycles. The van der Waals surface area contributed by atoms with E-state index in [1.165, 1.54) is 18.7 Å². The number of piperidine rings is 1. The average Bonchev–Trinajstić information content (AvgIpc) is 3.42. The van der Waals surface area contributed by atoms with E-state index in [1.54, 1.807) is 24.3 Å². The first kappa shape index (κ1) is 30.2. The molecule has 3 unspecified atom stereocenters. The van der Waals surface area contributed by atoms with Gasteiger partial charge in [-0.15, -0.1) is 0 Å². The summed E-state index contributed by atoms with van der Waals surface area (Å²) < 4.78 is 26.5. The molecule has 2 heterocycles. The summed E-state index contributed by atoms with van der Waals surface area (Å²) in [6, 6.07) is 8.63. The van der Waals surface area contributed by atoms with Gasteiger partial charge in [-0.2, -0.15) is 0 Å². The Balaban J connectivity index is 1.30. The number of nitrogens with zero attached hydrogens (tertiary/aromatic N) is 3. The Morgan fingerprint density at radius 2 is 1.97 bits per heavy atom. The summed E-state index contributed by atoms with van der Waals surface area (Å²) in [7, 11) is 2.24. The molecule has 218 valence electrons. The molecule has 9 heteroatoms. The Morgan fingerprint density at radius 1 is 1.18 bits per heavy atom. The van der Waals surface area contributed by atoms with Gasteiger partial charge in [0, 0.05) is 62.4 Å². The maximum absolute atomic E-state index is 13.7. The molecule has 1 aromatic rings. The van der Waals surface area contributed by atoms with Gasteiger partial charge in [0.1, 0.15) is 5.82 Å². The molecule has 5 N–H and O–H groups in total. The van der Waals surface area contributed by atoms with E-state index in [2.05, 4.69) is 45.8 Å². The van der Waals surface area contributed by atoms with Gasteiger partial charge >= 0.3 is 0 Å². The summed E-state index contributed by atoms with van der Waals surface area (Å²) in [5.41, 5.74) is 13.0. The number of likely N-dealkylation sites (tertiary alicyclic amines) is 1. The van der Waals surface area contributed by atoms with E-state index in [0.717, 1.165) is 69.7 Å². The van der Waals surface area contributed by atoms with Crippen LogP contribution in [0.2, 0.25) is 0 Å². The first-order valence-electron chi connectivity index (χ1n) is 14.7. The van der Waals surface area contributed by atoms with Crippen molar-refractivity contribution in [2.24, 2.45) is 17.4 Å². The molecule has 0 spiro atoms. The molecular weight excluding hydrogens is 511 g/mol. The summed E-state index contributed by atoms with van der Waals surface area (Å²) in [5, 5.41) is 0. The number of ether oxygens (including phenoxy) is 1. The number of hydrogen-bond donors (Lipinski definition) is 3. The number of halogens is 1. The van der Waals surface area contributed by atoms with Gasteiger partial charge in [-0.25, -0.2) is 13.4 Å². The predicted octanol–water partition coefficient (Wildman–Crippen LogP) is 4.40. The number of benzene rings is 1. The molecule has 39 heavy (non-hydrogen) atoms. The maximum Gasteiger partial charge on any atom is 0.123 e. The molecule has 0 bridgehead atoms. The zero-order chi connectivity index (χ0) is 27.8. The third-order valence-corrected chi connectivity index (χ3v) is 9.87. The van der Waals surface area contributed by atoms with E-state index >= 15 is 0 Å². The normalized spacial score (nSPS) is 29.2. The Bertz CT molecular complexity index is 953. The second kappa shape index (κ2) is 14.7. The molecule has 1 aliphatic carbocycles. The highest BCUT2D eigenvalue weighted by Crippen LogP contribution is 2.35. The van der Waals surface area contributed by atoms with Crippen molar-refractivity contribution < 1.29 is 9.13 Å². The zero-order valence-corrected chi connectivity index (χ0v) is 24.8. The zero-order valence-electron chi connectivity index (χ0n) is 24.0. The molecule has 0 aromatic heterocycles. The van der Waals surface area contributed by atoms with Crippen LogP contribution in [0.3, 0.4) is 0 Å². The molecule has 3 fully saturated rings. The van der Waals surface area contributed by atoms with Crippen LogP contribution in [0.5, 0.6) is 0 Å². The first-order valence-corrected chi connectivity index (χ1v) is 15.5. The van der Waals surface area contributed by atoms with Crippen LogP contribution in [0, 0.1) is 11.7 Å². The van der Waals surface area contributed by atoms with E-state index in [4.69, 9.17) is 16.2 Å². The Morgan fingerprint density at radius 3 is 2.69 bits per heavy atom. The van der Waals surface area contributed by atoms with Gasteiger partial charge in [0.05, 0.1) is 18.5 Å². The van der Waals surface area contributed by atoms with Crippen molar-refractivity contribution in [1.29, 1.82) is 0 Å². The lowest BCUT2D eigenvalue weighted by Crippen LogP contribution is -2.51. The lowest BCUT2D eigenvalue weighted by atomic mass is 9.82. The molecule has 0 amide bonds. The largest absolute Gasteiger partial charge is 0.405 e. The van der Waals surface area contributed by atoms with Crippen LogP contribution < -0.4 is 16.2 Å². The third kappa shape index (κ3) is 8.60. The second-order valence-electron chi connectivity index (χ2n) is 11.7. The maximum atomic E-state index is 13.7. The van der Waals surface area contributed by atoms with Gasteiger partial charge in [0.15, 0.2) is 0 Å². The van der Waals surface area contributed by atoms with Gasteiger partial charge in [0.2, 0.25) is 0 Å². The standard InChI is InChI=1S/C30H49FN6OS/c1-22(2)35(3)27-13-17-37(20-27)39-34-29-14-16-36(30(33)8-5-15-32)19-25(29)21-38-28-11-9-23(10-12-28)24-6-4-7-26(31)18-24/h4-8,15,18,22-23,25,27-29,34H,9-14,16-17,19-21,32-33H2,1-3H3/b15-5-,30-8+. The second-order valence-corrected chi connectivity index (χ2v) is 12.7. The van der Waals surface area contributed by atoms with Gasteiger partial charge in [-0.1, -0.05) is 12.1 Å². The van der Waals surface area contributed by atoms with Crippen LogP contribution >= 0.6 is 12.1 Å². The van der Waals surface area contributed by atoms with Crippen molar-refractivity contribution in [3.8, 4) is 0 Å². The number of nitrogens with one attached hydrogen (secondary N) is 1. The van der Waals surface area contributed by atoms with Gasteiger partial charge in [-0.05, 0) is 101 Å². The van der Waals surface area contributed by atoms with Crippen molar-refractivity contribution in [3.05, 3.63) is 59.8 Å². The number of rotatable bonds is 11. The highest BCUT2D eigenvalue weighted by atomic mass is 32.2. The van der Waals surface area contributed by atoms with Crippen LogP contribution in [0.1, 0.15) is 63.9 Å². The van der Waals surface area contributed by atoms with Crippen LogP contribution in [0.25, 0.3) is 0 Å². The molecule has 3 aliphatic rings. The highest BCUT2D eigenvalue weighted by Gasteiger charge is 2.33. The first-order chi connectivity index (χ1) is 18.8. The Hall–Kier alpha value is -1.78. The number of likely N-dealkylation sites (N-methyl/N-ethyl adjacent to an activating group) is 1. The van der Waals surface area contributed by atoms with E-state index in [0.29, 0.717) is 36.6 Å². The van der Waals surface area contributed by atoms with Crippen molar-refractivity contribution in [2.45, 2.75) is 82.5 Å². The molecule has 1 aromatic carbocycles. The summed E-state index contributed by atoms with van der Waals surface area (Å²) in [6.07, 6.45) is 11.8. The minimum Gasteiger partial charge on any atom is -0.405 e. The fourth-order valence-corrected chi connectivity index (χ4v) is 7.16. The molecule has 0 radical (unpaired) electrons. The lowest BCUT2D eigenvalue weighted by Gasteiger charge is -2.41. The summed E-state index contributed by atoms with van der Waals surface area (Å²) in [4.78, 5) is 4.74. The molecular formula is C30H49FN6OS. The lowest BCUT2D eigenvalue weighted by molar-refractivity contribution is -0.0135. The minimum absolute atomic E-state index is 0.143. The average molecular weight is 561 g/mol. The third-order valence-electron chi connectivity index (χ3n) is 8.87. The van der Waals surface area contributed by atoms with Gasteiger partial charge in [0.25, 0.3) is 0 Å². The van der Waals surface area contributed by atoms with E-state index < -0.39 is 0 Å². The van der Waals surface area contributed by atoms with Crippen molar-refractivity contribution in [3.63, 3.8) is 0 Å². The minimum atomic E-state index is -0.143. The number of nitrogens with two attached hydrogens (primary N) is 2. The quantitative estimate of drug-likeness (QED) is 0.271. The number of hydrogen-bond acceptors (Lipinski definition) is 8. The van der Waals surface area contributed by atoms with Crippen LogP contribution in [-0.2, 0) is 4.74 Å². The van der Waals surface area contributed by atoms with Crippen molar-refractivity contribution in [2.75, 3.05) is 39.8 Å². The van der Waals surface area contributed by atoms with Gasteiger partial charge in [-0.3, -0.25) is 4.90 Å². The SMILES string of the molecule is CC(C)N(C)C1CCN(SNC2CCN(/C(N)=C/C=C\N)CC2COC2CCC(c3cccc(F)c3)CC2)C1. The predicted molar refractivity (Wildman–Crippen MR) is 160 cm³/mol. The summed E-state index contributed by atoms with van der Waals surface area (Å²) in [6.45, 7) is 9.21. The highest BCUT2D eigenvalue weighted by molar-refractivity contribution is 7.95. The fraction of sp³-hybridized carbons (Fsp3) is 0.667. The molecule has 2 saturated heterocycles. The summed E-state index contributed by atoms with van der Waals surface area (Å²) in [5.74, 6) is 1.37. The molecule has 3 atom stereocenters. The Kier molecular flexibility index (Phi) is 11.4. The Labute approximate surface area is 239 Å².